The monoisotopic (exact) mass is 278 g/mol. The molecule has 0 radical (unpaired) electrons. The van der Waals surface area contributed by atoms with Gasteiger partial charge in [0.1, 0.15) is 0 Å². The van der Waals surface area contributed by atoms with Gasteiger partial charge in [0.05, 0.1) is 17.1 Å². The number of nitrogens with zero attached hydrogens (tertiary/aromatic N) is 2. The van der Waals surface area contributed by atoms with E-state index in [4.69, 9.17) is 0 Å². The average Bonchev–Trinajstić information content (AvgIpc) is 2.97. The molecule has 1 saturated carbocycles. The summed E-state index contributed by atoms with van der Waals surface area (Å²) in [6, 6.07) is 4.89. The van der Waals surface area contributed by atoms with Crippen LogP contribution in [0, 0.1) is 10.1 Å². The molecule has 6 heteroatoms. The van der Waals surface area contributed by atoms with E-state index < -0.39 is 4.92 Å². The molecule has 0 aliphatic heterocycles. The highest BCUT2D eigenvalue weighted by Gasteiger charge is 2.24. The van der Waals surface area contributed by atoms with E-state index in [9.17, 15) is 20.0 Å². The maximum atomic E-state index is 11.0. The summed E-state index contributed by atoms with van der Waals surface area (Å²) in [5.41, 5.74) is 0.659. The number of carbonyl (C=O) groups is 1. The van der Waals surface area contributed by atoms with Gasteiger partial charge in [-0.25, -0.2) is 0 Å². The molecule has 1 aliphatic rings. The van der Waals surface area contributed by atoms with E-state index in [1.165, 1.54) is 6.07 Å². The fourth-order valence-electron chi connectivity index (χ4n) is 2.83. The Morgan fingerprint density at radius 3 is 2.65 bits per heavy atom. The van der Waals surface area contributed by atoms with Gasteiger partial charge in [-0.15, -0.1) is 0 Å². The zero-order valence-corrected chi connectivity index (χ0v) is 11.2. The standard InChI is InChI=1S/C14H18N2O4/c17-8-7-15(12-3-1-2-4-12)13-5-6-14(16(19)20)11(9-13)10-18/h5-6,9-10,12,17H,1-4,7-8H2. The van der Waals surface area contributed by atoms with Gasteiger partial charge in [-0.1, -0.05) is 12.8 Å². The van der Waals surface area contributed by atoms with Crippen LogP contribution >= 0.6 is 0 Å². The first kappa shape index (κ1) is 14.5. The van der Waals surface area contributed by atoms with Gasteiger partial charge in [-0.05, 0) is 25.0 Å². The molecule has 0 heterocycles. The molecule has 0 atom stereocenters. The van der Waals surface area contributed by atoms with Crippen molar-refractivity contribution in [2.24, 2.45) is 0 Å². The predicted molar refractivity (Wildman–Crippen MR) is 75.2 cm³/mol. The first-order valence-electron chi connectivity index (χ1n) is 6.78. The van der Waals surface area contributed by atoms with Crippen LogP contribution in [0.4, 0.5) is 11.4 Å². The maximum absolute atomic E-state index is 11.0. The van der Waals surface area contributed by atoms with Crippen molar-refractivity contribution in [1.82, 2.24) is 0 Å². The van der Waals surface area contributed by atoms with E-state index in [-0.39, 0.29) is 17.9 Å². The molecule has 108 valence electrons. The molecular weight excluding hydrogens is 260 g/mol. The summed E-state index contributed by atoms with van der Waals surface area (Å²) in [7, 11) is 0. The van der Waals surface area contributed by atoms with Crippen LogP contribution in [-0.2, 0) is 0 Å². The van der Waals surface area contributed by atoms with Crippen molar-refractivity contribution >= 4 is 17.7 Å². The molecule has 1 aromatic carbocycles. The third kappa shape index (κ3) is 2.96. The van der Waals surface area contributed by atoms with Crippen LogP contribution in [0.3, 0.4) is 0 Å². The third-order valence-corrected chi connectivity index (χ3v) is 3.77. The zero-order valence-electron chi connectivity index (χ0n) is 11.2. The number of anilines is 1. The molecule has 2 rings (SSSR count). The summed E-state index contributed by atoms with van der Waals surface area (Å²) in [6.45, 7) is 0.491. The van der Waals surface area contributed by atoms with Gasteiger partial charge in [-0.2, -0.15) is 0 Å². The van der Waals surface area contributed by atoms with Crippen molar-refractivity contribution in [3.05, 3.63) is 33.9 Å². The van der Waals surface area contributed by atoms with Gasteiger partial charge < -0.3 is 10.0 Å². The first-order chi connectivity index (χ1) is 9.67. The minimum absolute atomic E-state index is 0.0178. The fraction of sp³-hybridized carbons (Fsp3) is 0.500. The highest BCUT2D eigenvalue weighted by molar-refractivity contribution is 5.83. The second kappa shape index (κ2) is 6.47. The van der Waals surface area contributed by atoms with Crippen molar-refractivity contribution in [2.45, 2.75) is 31.7 Å². The van der Waals surface area contributed by atoms with Gasteiger partial charge in [0.2, 0.25) is 0 Å². The molecule has 0 saturated heterocycles. The fourth-order valence-corrected chi connectivity index (χ4v) is 2.83. The molecule has 6 nitrogen and oxygen atoms in total. The molecule has 1 aliphatic carbocycles. The molecule has 0 amide bonds. The van der Waals surface area contributed by atoms with Crippen molar-refractivity contribution in [3.8, 4) is 0 Å². The summed E-state index contributed by atoms with van der Waals surface area (Å²) in [4.78, 5) is 23.3. The van der Waals surface area contributed by atoms with Crippen molar-refractivity contribution in [1.29, 1.82) is 0 Å². The molecule has 1 N–H and O–H groups in total. The number of aliphatic hydroxyl groups excluding tert-OH is 1. The lowest BCUT2D eigenvalue weighted by Crippen LogP contribution is -2.35. The zero-order chi connectivity index (χ0) is 14.5. The van der Waals surface area contributed by atoms with Crippen molar-refractivity contribution in [2.75, 3.05) is 18.1 Å². The number of hydrogen-bond acceptors (Lipinski definition) is 5. The van der Waals surface area contributed by atoms with Crippen molar-refractivity contribution < 1.29 is 14.8 Å². The Labute approximate surface area is 117 Å². The highest BCUT2D eigenvalue weighted by Crippen LogP contribution is 2.30. The summed E-state index contributed by atoms with van der Waals surface area (Å²) in [5.74, 6) is 0. The van der Waals surface area contributed by atoms with Crippen LogP contribution in [0.2, 0.25) is 0 Å². The lowest BCUT2D eigenvalue weighted by molar-refractivity contribution is -0.385. The molecule has 0 aromatic heterocycles. The average molecular weight is 278 g/mol. The number of aldehydes is 1. The van der Waals surface area contributed by atoms with Crippen LogP contribution in [0.5, 0.6) is 0 Å². The summed E-state index contributed by atoms with van der Waals surface area (Å²) in [5, 5.41) is 20.0. The summed E-state index contributed by atoms with van der Waals surface area (Å²) < 4.78 is 0. The van der Waals surface area contributed by atoms with Gasteiger partial charge in [0.25, 0.3) is 5.69 Å². The minimum atomic E-state index is -0.556. The molecule has 20 heavy (non-hydrogen) atoms. The van der Waals surface area contributed by atoms with Gasteiger partial charge in [0, 0.05) is 24.3 Å². The third-order valence-electron chi connectivity index (χ3n) is 3.77. The van der Waals surface area contributed by atoms with Crippen LogP contribution in [0.15, 0.2) is 18.2 Å². The highest BCUT2D eigenvalue weighted by atomic mass is 16.6. The quantitative estimate of drug-likeness (QED) is 0.489. The number of aliphatic hydroxyl groups is 1. The Morgan fingerprint density at radius 1 is 1.40 bits per heavy atom. The summed E-state index contributed by atoms with van der Waals surface area (Å²) >= 11 is 0. The number of rotatable bonds is 6. The minimum Gasteiger partial charge on any atom is -0.395 e. The van der Waals surface area contributed by atoms with Crippen LogP contribution in [-0.4, -0.2) is 35.5 Å². The van der Waals surface area contributed by atoms with E-state index in [2.05, 4.69) is 0 Å². The van der Waals surface area contributed by atoms with Crippen LogP contribution in [0.25, 0.3) is 0 Å². The second-order valence-corrected chi connectivity index (χ2v) is 4.97. The molecule has 0 unspecified atom stereocenters. The van der Waals surface area contributed by atoms with Gasteiger partial charge >= 0.3 is 0 Å². The van der Waals surface area contributed by atoms with E-state index in [1.54, 1.807) is 12.1 Å². The Morgan fingerprint density at radius 2 is 2.10 bits per heavy atom. The maximum Gasteiger partial charge on any atom is 0.280 e. The Hall–Kier alpha value is -1.95. The Balaban J connectivity index is 2.33. The number of nitro benzene ring substituents is 1. The topological polar surface area (TPSA) is 83.7 Å². The molecule has 0 bridgehead atoms. The van der Waals surface area contributed by atoms with E-state index in [1.807, 2.05) is 4.90 Å². The Bertz CT molecular complexity index is 498. The predicted octanol–water partition coefficient (Wildman–Crippen LogP) is 2.15. The van der Waals surface area contributed by atoms with Crippen molar-refractivity contribution in [3.63, 3.8) is 0 Å². The number of benzene rings is 1. The summed E-state index contributed by atoms with van der Waals surface area (Å²) in [6.07, 6.45) is 4.91. The second-order valence-electron chi connectivity index (χ2n) is 4.97. The molecular formula is C14H18N2O4. The number of carbonyl (C=O) groups excluding carboxylic acids is 1. The number of nitro groups is 1. The van der Waals surface area contributed by atoms with Crippen LogP contribution in [0.1, 0.15) is 36.0 Å². The number of hydrogen-bond donors (Lipinski definition) is 1. The lowest BCUT2D eigenvalue weighted by atomic mass is 10.1. The van der Waals surface area contributed by atoms with E-state index >= 15 is 0 Å². The largest absolute Gasteiger partial charge is 0.395 e. The van der Waals surface area contributed by atoms with Crippen LogP contribution < -0.4 is 4.90 Å². The molecule has 0 spiro atoms. The smallest absolute Gasteiger partial charge is 0.280 e. The SMILES string of the molecule is O=Cc1cc(N(CCO)C2CCCC2)ccc1[N+](=O)[O-]. The van der Waals surface area contributed by atoms with Gasteiger partial charge in [-0.3, -0.25) is 14.9 Å². The normalized spacial score (nSPS) is 15.2. The lowest BCUT2D eigenvalue weighted by Gasteiger charge is -2.30. The first-order valence-corrected chi connectivity index (χ1v) is 6.78. The van der Waals surface area contributed by atoms with E-state index in [0.29, 0.717) is 18.9 Å². The van der Waals surface area contributed by atoms with E-state index in [0.717, 1.165) is 31.4 Å². The molecule has 1 fully saturated rings. The van der Waals surface area contributed by atoms with Gasteiger partial charge in [0.15, 0.2) is 6.29 Å². The molecule has 1 aromatic rings. The Kier molecular flexibility index (Phi) is 4.68.